The predicted molar refractivity (Wildman–Crippen MR) is 73.5 cm³/mol. The molecule has 0 bridgehead atoms. The Morgan fingerprint density at radius 2 is 2.21 bits per heavy atom. The highest BCUT2D eigenvalue weighted by Crippen LogP contribution is 2.30. The minimum atomic E-state index is -4.27. The zero-order valence-electron chi connectivity index (χ0n) is 12.6. The molecule has 1 aliphatic heterocycles. The van der Waals surface area contributed by atoms with Crippen LogP contribution in [0.2, 0.25) is 0 Å². The molecule has 0 radical (unpaired) electrons. The summed E-state index contributed by atoms with van der Waals surface area (Å²) in [5, 5.41) is 18.7. The van der Waals surface area contributed by atoms with Crippen molar-refractivity contribution in [3.8, 4) is 0 Å². The van der Waals surface area contributed by atoms with Crippen LogP contribution in [0.1, 0.15) is 25.1 Å². The zero-order chi connectivity index (χ0) is 18.1. The average molecular weight is 350 g/mol. The topological polar surface area (TPSA) is 131 Å². The lowest BCUT2D eigenvalue weighted by atomic mass is 10.1. The van der Waals surface area contributed by atoms with Crippen molar-refractivity contribution in [3.63, 3.8) is 0 Å². The van der Waals surface area contributed by atoms with E-state index in [1.165, 1.54) is 6.92 Å². The maximum Gasteiger partial charge on any atom is 0.382 e. The summed E-state index contributed by atoms with van der Waals surface area (Å²) in [7, 11) is 0. The minimum Gasteiger partial charge on any atom is -0.461 e. The summed E-state index contributed by atoms with van der Waals surface area (Å²) in [6.45, 7) is 0.464. The van der Waals surface area contributed by atoms with Gasteiger partial charge in [0.25, 0.3) is 5.56 Å². The number of H-pyrrole nitrogens is 1. The van der Waals surface area contributed by atoms with Gasteiger partial charge in [0.05, 0.1) is 19.3 Å². The molecule has 1 saturated heterocycles. The van der Waals surface area contributed by atoms with Crippen LogP contribution in [0.5, 0.6) is 0 Å². The van der Waals surface area contributed by atoms with Gasteiger partial charge in [-0.05, 0) is 6.92 Å². The van der Waals surface area contributed by atoms with Gasteiger partial charge in [-0.2, -0.15) is 8.78 Å². The van der Waals surface area contributed by atoms with E-state index in [0.717, 1.165) is 0 Å². The van der Waals surface area contributed by atoms with Crippen LogP contribution in [0.15, 0.2) is 15.8 Å². The number of aliphatic hydroxyl groups is 2. The van der Waals surface area contributed by atoms with Gasteiger partial charge in [0, 0.05) is 12.6 Å². The Kier molecular flexibility index (Phi) is 5.16. The molecular weight excluding hydrogens is 334 g/mol. The highest BCUT2D eigenvalue weighted by Gasteiger charge is 2.46. The minimum absolute atomic E-state index is 0.165. The van der Waals surface area contributed by atoms with Gasteiger partial charge in [-0.3, -0.25) is 14.3 Å². The van der Waals surface area contributed by atoms with Crippen LogP contribution in [-0.2, 0) is 20.2 Å². The van der Waals surface area contributed by atoms with Gasteiger partial charge in [-0.1, -0.05) is 0 Å². The van der Waals surface area contributed by atoms with Gasteiger partial charge in [0.1, 0.15) is 17.9 Å². The fourth-order valence-electron chi connectivity index (χ4n) is 2.30. The summed E-state index contributed by atoms with van der Waals surface area (Å²) < 4.78 is 38.2. The highest BCUT2D eigenvalue weighted by atomic mass is 19.3. The van der Waals surface area contributed by atoms with Crippen molar-refractivity contribution < 1.29 is 33.3 Å². The number of ether oxygens (including phenoxy) is 2. The third-order valence-corrected chi connectivity index (χ3v) is 3.53. The van der Waals surface area contributed by atoms with E-state index in [4.69, 9.17) is 9.84 Å². The molecule has 0 spiro atoms. The summed E-state index contributed by atoms with van der Waals surface area (Å²) in [6, 6.07) is 0. The third kappa shape index (κ3) is 3.23. The molecule has 0 unspecified atom stereocenters. The lowest BCUT2D eigenvalue weighted by Crippen LogP contribution is -2.40. The van der Waals surface area contributed by atoms with Crippen LogP contribution in [-0.4, -0.2) is 51.2 Å². The van der Waals surface area contributed by atoms with Gasteiger partial charge in [0.2, 0.25) is 0 Å². The molecule has 1 fully saturated rings. The number of aromatic amines is 1. The Balaban J connectivity index is 2.45. The van der Waals surface area contributed by atoms with Crippen LogP contribution in [0, 0.1) is 0 Å². The van der Waals surface area contributed by atoms with Crippen LogP contribution in [0.4, 0.5) is 8.78 Å². The molecule has 2 rings (SSSR count). The first-order chi connectivity index (χ1) is 11.2. The molecule has 1 aromatic rings. The van der Waals surface area contributed by atoms with Crippen molar-refractivity contribution in [2.24, 2.45) is 0 Å². The fraction of sp³-hybridized carbons (Fsp3) is 0.615. The number of esters is 1. The number of alkyl halides is 2. The van der Waals surface area contributed by atoms with Gasteiger partial charge in [-0.15, -0.1) is 0 Å². The number of rotatable bonds is 5. The second-order valence-electron chi connectivity index (χ2n) is 5.12. The number of hydrogen-bond acceptors (Lipinski definition) is 7. The monoisotopic (exact) mass is 350 g/mol. The third-order valence-electron chi connectivity index (χ3n) is 3.53. The van der Waals surface area contributed by atoms with E-state index in [1.807, 2.05) is 0 Å². The summed E-state index contributed by atoms with van der Waals surface area (Å²) in [5.74, 6) is -6.20. The number of nitrogens with zero attached hydrogens (tertiary/aromatic N) is 1. The second kappa shape index (κ2) is 6.79. The molecule has 2 heterocycles. The number of aliphatic hydroxyl groups excluding tert-OH is 2. The first-order valence-corrected chi connectivity index (χ1v) is 7.07. The number of aromatic nitrogens is 2. The Labute approximate surface area is 133 Å². The maximum atomic E-state index is 14.1. The van der Waals surface area contributed by atoms with Gasteiger partial charge >= 0.3 is 17.6 Å². The van der Waals surface area contributed by atoms with Crippen molar-refractivity contribution in [2.75, 3.05) is 13.2 Å². The summed E-state index contributed by atoms with van der Waals surface area (Å²) in [4.78, 5) is 36.5. The number of carbonyl (C=O) groups excluding carboxylic acids is 1. The molecule has 0 aliphatic carbocycles. The van der Waals surface area contributed by atoms with E-state index in [1.54, 1.807) is 4.98 Å². The normalized spacial score (nSPS) is 24.1. The van der Waals surface area contributed by atoms with E-state index >= 15 is 0 Å². The lowest BCUT2D eigenvalue weighted by molar-refractivity contribution is -0.173. The first-order valence-electron chi connectivity index (χ1n) is 7.07. The van der Waals surface area contributed by atoms with Crippen LogP contribution >= 0.6 is 0 Å². The molecule has 134 valence electrons. The SMILES string of the molecule is CCOC(=O)C(F)(F)c1cn([C@H]2C[C@H](O)[C@@H](CO)O2)c(=O)[nH]c1=O. The standard InChI is InChI=1S/C13H16F2N2O7/c1-2-23-11(21)13(14,15)6-4-17(12(22)16-10(6)20)9-3-7(19)8(5-18)24-9/h4,7-9,18-19H,2-3,5H2,1H3,(H,16,20,22)/t7-,8+,9+/m0/s1. The predicted octanol–water partition coefficient (Wildman–Crippen LogP) is -1.17. The van der Waals surface area contributed by atoms with Gasteiger partial charge < -0.3 is 19.7 Å². The molecule has 0 saturated carbocycles. The highest BCUT2D eigenvalue weighted by molar-refractivity contribution is 5.79. The zero-order valence-corrected chi connectivity index (χ0v) is 12.6. The summed E-state index contributed by atoms with van der Waals surface area (Å²) >= 11 is 0. The Morgan fingerprint density at radius 3 is 2.75 bits per heavy atom. The fourth-order valence-corrected chi connectivity index (χ4v) is 2.30. The Morgan fingerprint density at radius 1 is 1.54 bits per heavy atom. The molecule has 3 N–H and O–H groups in total. The number of halogens is 2. The molecule has 0 amide bonds. The maximum absolute atomic E-state index is 14.1. The molecule has 24 heavy (non-hydrogen) atoms. The molecule has 0 aromatic carbocycles. The largest absolute Gasteiger partial charge is 0.461 e. The van der Waals surface area contributed by atoms with Crippen LogP contribution in [0.3, 0.4) is 0 Å². The number of nitrogens with one attached hydrogen (secondary N) is 1. The first kappa shape index (κ1) is 18.2. The Hall–Kier alpha value is -2.11. The van der Waals surface area contributed by atoms with Crippen molar-refractivity contribution in [3.05, 3.63) is 32.6 Å². The van der Waals surface area contributed by atoms with Crippen molar-refractivity contribution in [2.45, 2.75) is 37.7 Å². The van der Waals surface area contributed by atoms with E-state index in [-0.39, 0.29) is 13.0 Å². The van der Waals surface area contributed by atoms with E-state index in [2.05, 4.69) is 4.74 Å². The average Bonchev–Trinajstić information content (AvgIpc) is 2.88. The quantitative estimate of drug-likeness (QED) is 0.571. The molecular formula is C13H16F2N2O7. The molecule has 9 nitrogen and oxygen atoms in total. The van der Waals surface area contributed by atoms with Crippen molar-refractivity contribution in [1.82, 2.24) is 9.55 Å². The van der Waals surface area contributed by atoms with E-state index < -0.39 is 53.7 Å². The van der Waals surface area contributed by atoms with Crippen molar-refractivity contribution in [1.29, 1.82) is 0 Å². The molecule has 11 heteroatoms. The molecule has 1 aromatic heterocycles. The van der Waals surface area contributed by atoms with Gasteiger partial charge in [-0.25, -0.2) is 9.59 Å². The number of hydrogen-bond donors (Lipinski definition) is 3. The molecule has 3 atom stereocenters. The van der Waals surface area contributed by atoms with Crippen molar-refractivity contribution >= 4 is 5.97 Å². The lowest BCUT2D eigenvalue weighted by Gasteiger charge is -2.18. The second-order valence-corrected chi connectivity index (χ2v) is 5.12. The van der Waals surface area contributed by atoms with E-state index in [0.29, 0.717) is 10.8 Å². The summed E-state index contributed by atoms with van der Waals surface area (Å²) in [5.41, 5.74) is -3.78. The Bertz CT molecular complexity index is 730. The van der Waals surface area contributed by atoms with Crippen LogP contribution < -0.4 is 11.2 Å². The number of carbonyl (C=O) groups is 1. The van der Waals surface area contributed by atoms with Gasteiger partial charge in [0.15, 0.2) is 0 Å². The summed E-state index contributed by atoms with van der Waals surface area (Å²) in [6.07, 6.45) is -2.97. The van der Waals surface area contributed by atoms with Crippen LogP contribution in [0.25, 0.3) is 0 Å². The smallest absolute Gasteiger partial charge is 0.382 e. The van der Waals surface area contributed by atoms with E-state index in [9.17, 15) is 28.3 Å². The molecule has 1 aliphatic rings.